The van der Waals surface area contributed by atoms with E-state index in [1.54, 1.807) is 6.07 Å². The third-order valence-electron chi connectivity index (χ3n) is 3.02. The first-order chi connectivity index (χ1) is 8.04. The Balaban J connectivity index is 2.11. The Bertz CT molecular complexity index is 454. The van der Waals surface area contributed by atoms with Crippen LogP contribution in [0.15, 0.2) is 18.3 Å². The zero-order chi connectivity index (χ0) is 12.5. The maximum atomic E-state index is 11.9. The number of anilines is 1. The van der Waals surface area contributed by atoms with Crippen LogP contribution in [-0.4, -0.2) is 22.0 Å². The normalized spacial score (nSPS) is 17.0. The van der Waals surface area contributed by atoms with Crippen molar-refractivity contribution in [3.8, 4) is 0 Å². The Kier molecular flexibility index (Phi) is 3.02. The van der Waals surface area contributed by atoms with Crippen molar-refractivity contribution in [3.63, 3.8) is 0 Å². The van der Waals surface area contributed by atoms with Gasteiger partial charge >= 0.3 is 5.97 Å². The topological polar surface area (TPSA) is 79.3 Å². The smallest absolute Gasteiger partial charge is 0.319 e. The van der Waals surface area contributed by atoms with Crippen LogP contribution in [0.2, 0.25) is 5.02 Å². The molecule has 1 aliphatic rings. The van der Waals surface area contributed by atoms with Gasteiger partial charge in [0.05, 0.1) is 5.02 Å². The summed E-state index contributed by atoms with van der Waals surface area (Å²) >= 11 is 5.66. The number of carbonyl (C=O) groups excluding carboxylic acids is 1. The molecule has 1 amide bonds. The lowest BCUT2D eigenvalue weighted by molar-refractivity contribution is -0.159. The van der Waals surface area contributed by atoms with Gasteiger partial charge in [0, 0.05) is 6.20 Å². The van der Waals surface area contributed by atoms with Gasteiger partial charge < -0.3 is 10.4 Å². The average Bonchev–Trinajstić information content (AvgIpc) is 2.19. The number of carbonyl (C=O) groups is 2. The van der Waals surface area contributed by atoms with Gasteiger partial charge in [-0.05, 0) is 25.0 Å². The number of aromatic nitrogens is 1. The summed E-state index contributed by atoms with van der Waals surface area (Å²) < 4.78 is 0. The van der Waals surface area contributed by atoms with Gasteiger partial charge in [-0.15, -0.1) is 0 Å². The standard InChI is InChI=1S/C11H11ClN2O3/c12-7-2-3-8(13-6-7)14-9(15)11(10(16)17)4-1-5-11/h2-3,6H,1,4-5H2,(H,16,17)(H,13,14,15). The van der Waals surface area contributed by atoms with Crippen molar-refractivity contribution in [2.75, 3.05) is 5.32 Å². The number of aliphatic carboxylic acids is 1. The first-order valence-corrected chi connectivity index (χ1v) is 5.59. The third kappa shape index (κ3) is 2.10. The number of halogens is 1. The van der Waals surface area contributed by atoms with Gasteiger partial charge in [0.1, 0.15) is 11.2 Å². The minimum atomic E-state index is -1.28. The number of hydrogen-bond acceptors (Lipinski definition) is 3. The lowest BCUT2D eigenvalue weighted by Gasteiger charge is -2.35. The molecule has 0 radical (unpaired) electrons. The van der Waals surface area contributed by atoms with Crippen LogP contribution in [0.4, 0.5) is 5.82 Å². The predicted molar refractivity (Wildman–Crippen MR) is 61.8 cm³/mol. The van der Waals surface area contributed by atoms with Gasteiger partial charge in [-0.1, -0.05) is 18.0 Å². The Morgan fingerprint density at radius 3 is 2.53 bits per heavy atom. The minimum absolute atomic E-state index is 0.312. The van der Waals surface area contributed by atoms with Crippen molar-refractivity contribution in [1.29, 1.82) is 0 Å². The van der Waals surface area contributed by atoms with Crippen molar-refractivity contribution in [2.24, 2.45) is 5.41 Å². The van der Waals surface area contributed by atoms with Crippen LogP contribution in [0.25, 0.3) is 0 Å². The summed E-state index contributed by atoms with van der Waals surface area (Å²) in [7, 11) is 0. The van der Waals surface area contributed by atoms with E-state index in [9.17, 15) is 9.59 Å². The Labute approximate surface area is 103 Å². The molecule has 17 heavy (non-hydrogen) atoms. The van der Waals surface area contributed by atoms with Gasteiger partial charge in [-0.3, -0.25) is 9.59 Å². The van der Waals surface area contributed by atoms with Crippen LogP contribution in [0.3, 0.4) is 0 Å². The molecule has 1 heterocycles. The molecule has 0 aromatic carbocycles. The number of nitrogens with zero attached hydrogens (tertiary/aromatic N) is 1. The van der Waals surface area contributed by atoms with E-state index in [0.717, 1.165) is 6.42 Å². The number of pyridine rings is 1. The summed E-state index contributed by atoms with van der Waals surface area (Å²) in [5.74, 6) is -1.27. The van der Waals surface area contributed by atoms with Crippen LogP contribution >= 0.6 is 11.6 Å². The van der Waals surface area contributed by atoms with Crippen LogP contribution in [0.5, 0.6) is 0 Å². The van der Waals surface area contributed by atoms with Crippen LogP contribution in [0.1, 0.15) is 19.3 Å². The van der Waals surface area contributed by atoms with E-state index >= 15 is 0 Å². The fraction of sp³-hybridized carbons (Fsp3) is 0.364. The highest BCUT2D eigenvalue weighted by atomic mass is 35.5. The lowest BCUT2D eigenvalue weighted by Crippen LogP contribution is -2.48. The van der Waals surface area contributed by atoms with Gasteiger partial charge in [-0.25, -0.2) is 4.98 Å². The molecule has 1 fully saturated rings. The Morgan fingerprint density at radius 1 is 1.41 bits per heavy atom. The molecule has 0 spiro atoms. The molecule has 0 bridgehead atoms. The van der Waals surface area contributed by atoms with Crippen molar-refractivity contribution in [3.05, 3.63) is 23.4 Å². The number of carboxylic acids is 1. The van der Waals surface area contributed by atoms with Gasteiger partial charge in [-0.2, -0.15) is 0 Å². The highest BCUT2D eigenvalue weighted by molar-refractivity contribution is 6.30. The second kappa shape index (κ2) is 4.33. The van der Waals surface area contributed by atoms with E-state index in [2.05, 4.69) is 10.3 Å². The quantitative estimate of drug-likeness (QED) is 0.808. The molecule has 0 atom stereocenters. The van der Waals surface area contributed by atoms with Crippen LogP contribution in [-0.2, 0) is 9.59 Å². The summed E-state index contributed by atoms with van der Waals surface area (Å²) in [6.07, 6.45) is 2.91. The molecular weight excluding hydrogens is 244 g/mol. The number of nitrogens with one attached hydrogen (secondary N) is 1. The maximum Gasteiger partial charge on any atom is 0.319 e. The molecule has 1 aromatic rings. The van der Waals surface area contributed by atoms with E-state index in [4.69, 9.17) is 16.7 Å². The predicted octanol–water partition coefficient (Wildman–Crippen LogP) is 1.93. The second-order valence-corrected chi connectivity index (χ2v) is 4.49. The molecule has 90 valence electrons. The summed E-state index contributed by atoms with van der Waals surface area (Å²) in [5, 5.41) is 12.0. The summed E-state index contributed by atoms with van der Waals surface area (Å²) in [6, 6.07) is 3.12. The van der Waals surface area contributed by atoms with Crippen molar-refractivity contribution in [2.45, 2.75) is 19.3 Å². The van der Waals surface area contributed by atoms with E-state index in [-0.39, 0.29) is 0 Å². The number of amides is 1. The minimum Gasteiger partial charge on any atom is -0.480 e. The molecule has 1 aliphatic carbocycles. The van der Waals surface area contributed by atoms with E-state index in [1.807, 2.05) is 0 Å². The van der Waals surface area contributed by atoms with Crippen molar-refractivity contribution < 1.29 is 14.7 Å². The second-order valence-electron chi connectivity index (χ2n) is 4.06. The molecule has 5 nitrogen and oxygen atoms in total. The van der Waals surface area contributed by atoms with E-state index in [1.165, 1.54) is 12.3 Å². The number of rotatable bonds is 3. The van der Waals surface area contributed by atoms with Crippen LogP contribution in [0, 0.1) is 5.41 Å². The number of carboxylic acid groups (broad SMARTS) is 1. The molecular formula is C11H11ClN2O3. The summed E-state index contributed by atoms with van der Waals surface area (Å²) in [5.41, 5.74) is -1.28. The van der Waals surface area contributed by atoms with Gasteiger partial charge in [0.2, 0.25) is 5.91 Å². The first kappa shape index (κ1) is 11.9. The summed E-state index contributed by atoms with van der Waals surface area (Å²) in [6.45, 7) is 0. The van der Waals surface area contributed by atoms with Crippen molar-refractivity contribution >= 4 is 29.3 Å². The van der Waals surface area contributed by atoms with E-state index in [0.29, 0.717) is 23.7 Å². The van der Waals surface area contributed by atoms with E-state index < -0.39 is 17.3 Å². The SMILES string of the molecule is O=C(O)C1(C(=O)Nc2ccc(Cl)cn2)CCC1. The Hall–Kier alpha value is -1.62. The summed E-state index contributed by atoms with van der Waals surface area (Å²) in [4.78, 5) is 26.9. The Morgan fingerprint density at radius 2 is 2.12 bits per heavy atom. The molecule has 6 heteroatoms. The van der Waals surface area contributed by atoms with Gasteiger partial charge in [0.15, 0.2) is 0 Å². The molecule has 2 rings (SSSR count). The zero-order valence-electron chi connectivity index (χ0n) is 8.94. The number of hydrogen-bond donors (Lipinski definition) is 2. The average molecular weight is 255 g/mol. The molecule has 0 saturated heterocycles. The molecule has 1 saturated carbocycles. The molecule has 2 N–H and O–H groups in total. The molecule has 0 aliphatic heterocycles. The monoisotopic (exact) mass is 254 g/mol. The van der Waals surface area contributed by atoms with Crippen LogP contribution < -0.4 is 5.32 Å². The van der Waals surface area contributed by atoms with Crippen molar-refractivity contribution in [1.82, 2.24) is 4.98 Å². The largest absolute Gasteiger partial charge is 0.480 e. The maximum absolute atomic E-state index is 11.9. The first-order valence-electron chi connectivity index (χ1n) is 5.21. The highest BCUT2D eigenvalue weighted by Crippen LogP contribution is 2.42. The van der Waals surface area contributed by atoms with Gasteiger partial charge in [0.25, 0.3) is 0 Å². The molecule has 0 unspecified atom stereocenters. The molecule has 1 aromatic heterocycles. The third-order valence-corrected chi connectivity index (χ3v) is 3.24. The fourth-order valence-corrected chi connectivity index (χ4v) is 1.87. The zero-order valence-corrected chi connectivity index (χ0v) is 9.70. The highest BCUT2D eigenvalue weighted by Gasteiger charge is 2.51. The fourth-order valence-electron chi connectivity index (χ4n) is 1.75. The lowest BCUT2D eigenvalue weighted by atomic mass is 9.68.